The molecule has 0 saturated carbocycles. The Bertz CT molecular complexity index is 1740. The first-order valence-electron chi connectivity index (χ1n) is 12.6. The average Bonchev–Trinajstić information content (AvgIpc) is 2.97. The molecule has 38 heavy (non-hydrogen) atoms. The van der Waals surface area contributed by atoms with Crippen LogP contribution in [-0.2, 0) is 0 Å². The van der Waals surface area contributed by atoms with E-state index in [0.717, 1.165) is 32.3 Å². The Labute approximate surface area is 231 Å². The van der Waals surface area contributed by atoms with E-state index in [9.17, 15) is 0 Å². The Morgan fingerprint density at radius 1 is 0.421 bits per heavy atom. The molecular formula is C35H25BrN2. The Kier molecular flexibility index (Phi) is 6.68. The molecule has 0 bridgehead atoms. The van der Waals surface area contributed by atoms with E-state index in [0.29, 0.717) is 0 Å². The highest BCUT2D eigenvalue weighted by Crippen LogP contribution is 2.36. The van der Waals surface area contributed by atoms with Crippen LogP contribution in [0.5, 0.6) is 0 Å². The van der Waals surface area contributed by atoms with Crippen molar-refractivity contribution < 1.29 is 0 Å². The molecule has 0 aliphatic heterocycles. The van der Waals surface area contributed by atoms with Crippen LogP contribution in [-0.4, -0.2) is 9.97 Å². The lowest BCUT2D eigenvalue weighted by atomic mass is 9.91. The summed E-state index contributed by atoms with van der Waals surface area (Å²) in [5.74, 6) is 0. The standard InChI is InChI=1S/C35H25BrN2/c1-24-14-34(23-38-21-24)28-9-3-8-27(16-28)32-17-31(18-33(19-32)29-10-4-12-35(36)20-29)26-7-2-6-25(15-26)30-11-5-13-37-22-30/h2-23H,1H3. The second-order valence-corrected chi connectivity index (χ2v) is 10.4. The van der Waals surface area contributed by atoms with Gasteiger partial charge in [0.15, 0.2) is 0 Å². The Morgan fingerprint density at radius 3 is 1.45 bits per heavy atom. The molecule has 6 rings (SSSR count). The molecule has 2 nitrogen and oxygen atoms in total. The van der Waals surface area contributed by atoms with E-state index in [-0.39, 0.29) is 0 Å². The smallest absolute Gasteiger partial charge is 0.0346 e. The SMILES string of the molecule is Cc1cncc(-c2cccc(-c3cc(-c4cccc(Br)c4)cc(-c4cccc(-c5cccnc5)c4)c3)c2)c1. The van der Waals surface area contributed by atoms with Crippen molar-refractivity contribution in [2.45, 2.75) is 6.92 Å². The first-order valence-corrected chi connectivity index (χ1v) is 13.4. The molecule has 3 heteroatoms. The van der Waals surface area contributed by atoms with Gasteiger partial charge in [0.05, 0.1) is 0 Å². The van der Waals surface area contributed by atoms with Crippen LogP contribution >= 0.6 is 15.9 Å². The zero-order valence-corrected chi connectivity index (χ0v) is 22.6. The lowest BCUT2D eigenvalue weighted by molar-refractivity contribution is 1.27. The molecule has 6 aromatic rings. The second kappa shape index (κ2) is 10.6. The molecule has 2 heterocycles. The van der Waals surface area contributed by atoms with Crippen molar-refractivity contribution in [3.05, 3.63) is 144 Å². The first kappa shape index (κ1) is 24.0. The van der Waals surface area contributed by atoms with Gasteiger partial charge in [-0.1, -0.05) is 70.5 Å². The number of hydrogen-bond donors (Lipinski definition) is 0. The maximum absolute atomic E-state index is 4.40. The summed E-state index contributed by atoms with van der Waals surface area (Å²) >= 11 is 3.65. The molecule has 0 aliphatic carbocycles. The van der Waals surface area contributed by atoms with E-state index in [4.69, 9.17) is 0 Å². The lowest BCUT2D eigenvalue weighted by Crippen LogP contribution is -1.88. The van der Waals surface area contributed by atoms with Gasteiger partial charge in [-0.05, 0) is 112 Å². The van der Waals surface area contributed by atoms with Gasteiger partial charge in [-0.15, -0.1) is 0 Å². The van der Waals surface area contributed by atoms with E-state index in [2.05, 4.69) is 136 Å². The highest BCUT2D eigenvalue weighted by molar-refractivity contribution is 9.10. The highest BCUT2D eigenvalue weighted by atomic mass is 79.9. The van der Waals surface area contributed by atoms with E-state index >= 15 is 0 Å². The number of benzene rings is 4. The minimum absolute atomic E-state index is 1.06. The summed E-state index contributed by atoms with van der Waals surface area (Å²) in [4.78, 5) is 8.71. The molecule has 0 unspecified atom stereocenters. The molecule has 0 aliphatic rings. The maximum Gasteiger partial charge on any atom is 0.0346 e. The number of rotatable bonds is 5. The minimum Gasteiger partial charge on any atom is -0.264 e. The van der Waals surface area contributed by atoms with Crippen LogP contribution in [0.25, 0.3) is 55.6 Å². The lowest BCUT2D eigenvalue weighted by Gasteiger charge is -2.13. The third kappa shape index (κ3) is 5.20. The molecule has 0 N–H and O–H groups in total. The van der Waals surface area contributed by atoms with Crippen LogP contribution in [0, 0.1) is 6.92 Å². The van der Waals surface area contributed by atoms with Crippen LogP contribution < -0.4 is 0 Å². The van der Waals surface area contributed by atoms with Crippen LogP contribution in [0.3, 0.4) is 0 Å². The van der Waals surface area contributed by atoms with Gasteiger partial charge >= 0.3 is 0 Å². The molecule has 0 amide bonds. The van der Waals surface area contributed by atoms with Crippen molar-refractivity contribution in [3.63, 3.8) is 0 Å². The van der Waals surface area contributed by atoms with Crippen LogP contribution in [0.15, 0.2) is 138 Å². The number of aryl methyl sites for hydroxylation is 1. The molecule has 0 saturated heterocycles. The highest BCUT2D eigenvalue weighted by Gasteiger charge is 2.10. The zero-order valence-electron chi connectivity index (χ0n) is 21.0. The van der Waals surface area contributed by atoms with Crippen molar-refractivity contribution in [1.29, 1.82) is 0 Å². The zero-order chi connectivity index (χ0) is 25.9. The van der Waals surface area contributed by atoms with Crippen LogP contribution in [0.1, 0.15) is 5.56 Å². The van der Waals surface area contributed by atoms with Crippen molar-refractivity contribution in [1.82, 2.24) is 9.97 Å². The molecule has 0 spiro atoms. The summed E-state index contributed by atoms with van der Waals surface area (Å²) in [6.45, 7) is 2.08. The second-order valence-electron chi connectivity index (χ2n) is 9.46. The van der Waals surface area contributed by atoms with Crippen molar-refractivity contribution in [2.75, 3.05) is 0 Å². The van der Waals surface area contributed by atoms with Crippen molar-refractivity contribution >= 4 is 15.9 Å². The normalized spacial score (nSPS) is 10.9. The van der Waals surface area contributed by atoms with Gasteiger partial charge in [0.1, 0.15) is 0 Å². The number of hydrogen-bond acceptors (Lipinski definition) is 2. The van der Waals surface area contributed by atoms with E-state index < -0.39 is 0 Å². The van der Waals surface area contributed by atoms with E-state index in [1.807, 2.05) is 30.9 Å². The number of nitrogens with zero attached hydrogens (tertiary/aromatic N) is 2. The van der Waals surface area contributed by atoms with Gasteiger partial charge in [-0.3, -0.25) is 9.97 Å². The Morgan fingerprint density at radius 2 is 0.895 bits per heavy atom. The molecule has 0 fully saturated rings. The molecule has 0 atom stereocenters. The first-order chi connectivity index (χ1) is 18.6. The van der Waals surface area contributed by atoms with Gasteiger partial charge < -0.3 is 0 Å². The maximum atomic E-state index is 4.40. The van der Waals surface area contributed by atoms with Gasteiger partial charge in [0, 0.05) is 40.4 Å². The monoisotopic (exact) mass is 552 g/mol. The van der Waals surface area contributed by atoms with Crippen LogP contribution in [0.4, 0.5) is 0 Å². The molecule has 182 valence electrons. The molecular weight excluding hydrogens is 528 g/mol. The number of pyridine rings is 2. The van der Waals surface area contributed by atoms with Gasteiger partial charge in [-0.25, -0.2) is 0 Å². The third-order valence-corrected chi connectivity index (χ3v) is 7.18. The van der Waals surface area contributed by atoms with Gasteiger partial charge in [0.2, 0.25) is 0 Å². The summed E-state index contributed by atoms with van der Waals surface area (Å²) in [7, 11) is 0. The number of aromatic nitrogens is 2. The summed E-state index contributed by atoms with van der Waals surface area (Å²) in [5.41, 5.74) is 12.7. The molecule has 2 aromatic heterocycles. The molecule has 4 aromatic carbocycles. The fourth-order valence-electron chi connectivity index (χ4n) is 4.80. The van der Waals surface area contributed by atoms with Crippen molar-refractivity contribution in [2.24, 2.45) is 0 Å². The summed E-state index contributed by atoms with van der Waals surface area (Å²) in [5, 5.41) is 0. The predicted molar refractivity (Wildman–Crippen MR) is 162 cm³/mol. The fourth-order valence-corrected chi connectivity index (χ4v) is 5.20. The summed E-state index contributed by atoms with van der Waals surface area (Å²) in [6.07, 6.45) is 7.54. The largest absolute Gasteiger partial charge is 0.264 e. The predicted octanol–water partition coefficient (Wildman–Crippen LogP) is 9.88. The molecule has 0 radical (unpaired) electrons. The van der Waals surface area contributed by atoms with Crippen molar-refractivity contribution in [3.8, 4) is 55.6 Å². The summed E-state index contributed by atoms with van der Waals surface area (Å²) < 4.78 is 1.06. The van der Waals surface area contributed by atoms with Gasteiger partial charge in [-0.2, -0.15) is 0 Å². The quantitative estimate of drug-likeness (QED) is 0.212. The van der Waals surface area contributed by atoms with Gasteiger partial charge in [0.25, 0.3) is 0 Å². The number of halogens is 1. The Balaban J connectivity index is 1.50. The topological polar surface area (TPSA) is 25.8 Å². The van der Waals surface area contributed by atoms with E-state index in [1.54, 1.807) is 0 Å². The third-order valence-electron chi connectivity index (χ3n) is 6.69. The Hall–Kier alpha value is -4.34. The fraction of sp³-hybridized carbons (Fsp3) is 0.0286. The summed E-state index contributed by atoms with van der Waals surface area (Å²) in [6, 6.07) is 39.0. The van der Waals surface area contributed by atoms with Crippen LogP contribution in [0.2, 0.25) is 0 Å². The minimum atomic E-state index is 1.06. The average molecular weight is 554 g/mol. The van der Waals surface area contributed by atoms with E-state index in [1.165, 1.54) is 33.4 Å².